The highest BCUT2D eigenvalue weighted by Crippen LogP contribution is 2.28. The molecule has 0 aliphatic heterocycles. The summed E-state index contributed by atoms with van der Waals surface area (Å²) in [5.41, 5.74) is 2.50. The zero-order chi connectivity index (χ0) is 19.2. The Morgan fingerprint density at radius 3 is 2.41 bits per heavy atom. The highest BCUT2D eigenvalue weighted by Gasteiger charge is 2.17. The van der Waals surface area contributed by atoms with Crippen molar-refractivity contribution >= 4 is 28.8 Å². The molecule has 136 valence electrons. The Balaban J connectivity index is 1.97. The summed E-state index contributed by atoms with van der Waals surface area (Å²) in [5, 5.41) is 1.76. The second-order valence-corrected chi connectivity index (χ2v) is 6.00. The van der Waals surface area contributed by atoms with Gasteiger partial charge in [-0.2, -0.15) is 0 Å². The molecule has 3 rings (SSSR count). The van der Waals surface area contributed by atoms with E-state index in [1.165, 1.54) is 6.26 Å². The number of hydrogen-bond donors (Lipinski definition) is 0. The molecule has 0 aromatic heterocycles. The van der Waals surface area contributed by atoms with Gasteiger partial charge < -0.3 is 9.47 Å². The molecule has 0 amide bonds. The largest absolute Gasteiger partial charge is 0.462 e. The Morgan fingerprint density at radius 2 is 1.67 bits per heavy atom. The summed E-state index contributed by atoms with van der Waals surface area (Å²) in [4.78, 5) is 24.7. The maximum absolute atomic E-state index is 12.6. The molecular formula is C23H20O4. The zero-order valence-electron chi connectivity index (χ0n) is 15.3. The van der Waals surface area contributed by atoms with E-state index in [4.69, 9.17) is 9.47 Å². The number of carbonyl (C=O) groups is 2. The Labute approximate surface area is 158 Å². The average molecular weight is 360 g/mol. The SMILES string of the molecule is CCOC(=O)c1c(C=COC(=O)c2ccccc2)c(C)cc2ccccc12. The van der Waals surface area contributed by atoms with Gasteiger partial charge in [-0.25, -0.2) is 9.59 Å². The predicted octanol–water partition coefficient (Wildman–Crippen LogP) is 5.15. The van der Waals surface area contributed by atoms with E-state index in [-0.39, 0.29) is 6.61 Å². The summed E-state index contributed by atoms with van der Waals surface area (Å²) < 4.78 is 10.5. The standard InChI is InChI=1S/C23H20O4/c1-3-26-23(25)21-19(16(2)15-18-11-7-8-12-20(18)21)13-14-27-22(24)17-9-5-4-6-10-17/h4-15H,3H2,1-2H3. The molecule has 0 saturated heterocycles. The first-order chi connectivity index (χ1) is 13.1. The summed E-state index contributed by atoms with van der Waals surface area (Å²) in [7, 11) is 0. The smallest absolute Gasteiger partial charge is 0.342 e. The van der Waals surface area contributed by atoms with Crippen LogP contribution in [0.3, 0.4) is 0 Å². The minimum atomic E-state index is -0.456. The van der Waals surface area contributed by atoms with Crippen molar-refractivity contribution in [2.24, 2.45) is 0 Å². The molecule has 0 radical (unpaired) electrons. The van der Waals surface area contributed by atoms with Gasteiger partial charge in [0.1, 0.15) is 0 Å². The molecule has 4 nitrogen and oxygen atoms in total. The van der Waals surface area contributed by atoms with Gasteiger partial charge in [-0.05, 0) is 54.0 Å². The van der Waals surface area contributed by atoms with Crippen LogP contribution < -0.4 is 0 Å². The lowest BCUT2D eigenvalue weighted by molar-refractivity contribution is 0.0528. The number of benzene rings is 3. The monoisotopic (exact) mass is 360 g/mol. The van der Waals surface area contributed by atoms with Gasteiger partial charge in [-0.1, -0.05) is 48.5 Å². The summed E-state index contributed by atoms with van der Waals surface area (Å²) in [6, 6.07) is 18.4. The Morgan fingerprint density at radius 1 is 0.963 bits per heavy atom. The minimum Gasteiger partial charge on any atom is -0.462 e. The summed E-state index contributed by atoms with van der Waals surface area (Å²) in [5.74, 6) is -0.852. The number of carbonyl (C=O) groups excluding carboxylic acids is 2. The van der Waals surface area contributed by atoms with Crippen LogP contribution >= 0.6 is 0 Å². The molecule has 4 heteroatoms. The first kappa shape index (κ1) is 18.4. The molecule has 0 N–H and O–H groups in total. The number of hydrogen-bond acceptors (Lipinski definition) is 4. The maximum Gasteiger partial charge on any atom is 0.342 e. The second-order valence-electron chi connectivity index (χ2n) is 6.00. The normalized spacial score (nSPS) is 10.9. The lowest BCUT2D eigenvalue weighted by Crippen LogP contribution is -2.09. The molecule has 0 aliphatic rings. The molecular weight excluding hydrogens is 340 g/mol. The van der Waals surface area contributed by atoms with Gasteiger partial charge in [-0.15, -0.1) is 0 Å². The molecule has 0 fully saturated rings. The Bertz CT molecular complexity index is 1000. The molecule has 0 unspecified atom stereocenters. The Kier molecular flexibility index (Phi) is 5.67. The molecule has 0 atom stereocenters. The third-order valence-electron chi connectivity index (χ3n) is 4.20. The molecule has 3 aromatic carbocycles. The van der Waals surface area contributed by atoms with Crippen LogP contribution in [0.2, 0.25) is 0 Å². The van der Waals surface area contributed by atoms with Gasteiger partial charge in [0.2, 0.25) is 0 Å². The van der Waals surface area contributed by atoms with Crippen molar-refractivity contribution in [3.8, 4) is 0 Å². The van der Waals surface area contributed by atoms with Crippen molar-refractivity contribution in [2.45, 2.75) is 13.8 Å². The first-order valence-corrected chi connectivity index (χ1v) is 8.74. The minimum absolute atomic E-state index is 0.285. The number of fused-ring (bicyclic) bond motifs is 1. The van der Waals surface area contributed by atoms with E-state index < -0.39 is 11.9 Å². The Hall–Kier alpha value is -3.40. The predicted molar refractivity (Wildman–Crippen MR) is 106 cm³/mol. The van der Waals surface area contributed by atoms with Crippen LogP contribution in [0.25, 0.3) is 16.8 Å². The topological polar surface area (TPSA) is 52.6 Å². The molecule has 0 spiro atoms. The van der Waals surface area contributed by atoms with Gasteiger partial charge in [0, 0.05) is 0 Å². The van der Waals surface area contributed by atoms with E-state index in [0.29, 0.717) is 16.7 Å². The van der Waals surface area contributed by atoms with Gasteiger partial charge in [0.05, 0.1) is 24.0 Å². The van der Waals surface area contributed by atoms with Crippen molar-refractivity contribution < 1.29 is 19.1 Å². The fourth-order valence-electron chi connectivity index (χ4n) is 2.95. The summed E-state index contributed by atoms with van der Waals surface area (Å²) in [6.07, 6.45) is 2.95. The third kappa shape index (κ3) is 4.06. The molecule has 0 aliphatic carbocycles. The molecule has 27 heavy (non-hydrogen) atoms. The van der Waals surface area contributed by atoms with Crippen molar-refractivity contribution in [3.63, 3.8) is 0 Å². The van der Waals surface area contributed by atoms with E-state index in [1.54, 1.807) is 37.3 Å². The van der Waals surface area contributed by atoms with Crippen molar-refractivity contribution in [3.05, 3.63) is 89.2 Å². The van der Waals surface area contributed by atoms with Crippen LogP contribution in [0.1, 0.15) is 38.8 Å². The highest BCUT2D eigenvalue weighted by atomic mass is 16.5. The lowest BCUT2D eigenvalue weighted by atomic mass is 9.94. The van der Waals surface area contributed by atoms with Crippen LogP contribution in [0.5, 0.6) is 0 Å². The molecule has 0 bridgehead atoms. The lowest BCUT2D eigenvalue weighted by Gasteiger charge is -2.13. The van der Waals surface area contributed by atoms with Crippen LogP contribution in [-0.2, 0) is 9.47 Å². The zero-order valence-corrected chi connectivity index (χ0v) is 15.3. The second kappa shape index (κ2) is 8.32. The van der Waals surface area contributed by atoms with E-state index in [0.717, 1.165) is 16.3 Å². The van der Waals surface area contributed by atoms with Gasteiger partial charge in [-0.3, -0.25) is 0 Å². The maximum atomic E-state index is 12.6. The van der Waals surface area contributed by atoms with E-state index >= 15 is 0 Å². The fourth-order valence-corrected chi connectivity index (χ4v) is 2.95. The van der Waals surface area contributed by atoms with Crippen LogP contribution in [0, 0.1) is 6.92 Å². The number of ether oxygens (including phenoxy) is 2. The first-order valence-electron chi connectivity index (χ1n) is 8.74. The molecule has 0 saturated carbocycles. The fraction of sp³-hybridized carbons (Fsp3) is 0.130. The van der Waals surface area contributed by atoms with E-state index in [9.17, 15) is 9.59 Å². The van der Waals surface area contributed by atoms with Crippen LogP contribution in [0.15, 0.2) is 66.9 Å². The van der Waals surface area contributed by atoms with Gasteiger partial charge >= 0.3 is 11.9 Å². The van der Waals surface area contributed by atoms with Gasteiger partial charge in [0.25, 0.3) is 0 Å². The van der Waals surface area contributed by atoms with Crippen molar-refractivity contribution in [1.82, 2.24) is 0 Å². The van der Waals surface area contributed by atoms with E-state index in [1.807, 2.05) is 43.3 Å². The molecule has 3 aromatic rings. The number of esters is 2. The summed E-state index contributed by atoms with van der Waals surface area (Å²) >= 11 is 0. The number of rotatable bonds is 5. The van der Waals surface area contributed by atoms with Crippen LogP contribution in [0.4, 0.5) is 0 Å². The van der Waals surface area contributed by atoms with E-state index in [2.05, 4.69) is 0 Å². The summed E-state index contributed by atoms with van der Waals surface area (Å²) in [6.45, 7) is 3.97. The van der Waals surface area contributed by atoms with Gasteiger partial charge in [0.15, 0.2) is 0 Å². The molecule has 0 heterocycles. The third-order valence-corrected chi connectivity index (χ3v) is 4.20. The van der Waals surface area contributed by atoms with Crippen LogP contribution in [-0.4, -0.2) is 18.5 Å². The van der Waals surface area contributed by atoms with Crippen molar-refractivity contribution in [2.75, 3.05) is 6.61 Å². The quantitative estimate of drug-likeness (QED) is 0.466. The highest BCUT2D eigenvalue weighted by molar-refractivity contribution is 6.08. The van der Waals surface area contributed by atoms with Crippen molar-refractivity contribution in [1.29, 1.82) is 0 Å². The average Bonchev–Trinajstić information content (AvgIpc) is 2.68. The number of aryl methyl sites for hydroxylation is 1.